The average Bonchev–Trinajstić information content (AvgIpc) is 2.86. The number of aromatic nitrogens is 1. The van der Waals surface area contributed by atoms with Crippen LogP contribution in [0.2, 0.25) is 0 Å². The Hall–Kier alpha value is -1.51. The summed E-state index contributed by atoms with van der Waals surface area (Å²) in [4.78, 5) is 4.51. The molecule has 1 aromatic carbocycles. The van der Waals surface area contributed by atoms with Gasteiger partial charge in [0.05, 0.1) is 5.69 Å². The summed E-state index contributed by atoms with van der Waals surface area (Å²) in [5, 5.41) is 0. The third-order valence-corrected chi connectivity index (χ3v) is 3.17. The zero-order chi connectivity index (χ0) is 10.3. The highest BCUT2D eigenvalue weighted by atomic mass is 16.3. The van der Waals surface area contributed by atoms with E-state index < -0.39 is 0 Å². The number of nitrogens with two attached hydrogens (primary N) is 1. The van der Waals surface area contributed by atoms with Crippen LogP contribution in [0.25, 0.3) is 11.1 Å². The number of hydrogen-bond donors (Lipinski definition) is 1. The van der Waals surface area contributed by atoms with E-state index in [1.165, 1.54) is 25.7 Å². The lowest BCUT2D eigenvalue weighted by Crippen LogP contribution is -1.90. The second kappa shape index (κ2) is 3.26. The molecule has 1 aromatic heterocycles. The van der Waals surface area contributed by atoms with Crippen LogP contribution in [0, 0.1) is 0 Å². The van der Waals surface area contributed by atoms with Crippen molar-refractivity contribution in [2.24, 2.45) is 0 Å². The molecule has 0 saturated heterocycles. The Kier molecular flexibility index (Phi) is 1.91. The van der Waals surface area contributed by atoms with Crippen molar-refractivity contribution in [3.05, 3.63) is 24.1 Å². The van der Waals surface area contributed by atoms with Crippen LogP contribution < -0.4 is 5.73 Å². The molecule has 15 heavy (non-hydrogen) atoms. The molecular formula is C12H14N2O. The van der Waals surface area contributed by atoms with Crippen molar-refractivity contribution in [3.8, 4) is 0 Å². The zero-order valence-corrected chi connectivity index (χ0v) is 8.57. The molecule has 3 heteroatoms. The van der Waals surface area contributed by atoms with Crippen molar-refractivity contribution >= 4 is 16.8 Å². The van der Waals surface area contributed by atoms with E-state index >= 15 is 0 Å². The quantitative estimate of drug-likeness (QED) is 0.723. The Morgan fingerprint density at radius 2 is 2.07 bits per heavy atom. The summed E-state index contributed by atoms with van der Waals surface area (Å²) in [6, 6.07) is 5.72. The van der Waals surface area contributed by atoms with Gasteiger partial charge in [-0.3, -0.25) is 0 Å². The van der Waals surface area contributed by atoms with Gasteiger partial charge in [-0.1, -0.05) is 18.9 Å². The maximum atomic E-state index is 5.83. The Morgan fingerprint density at radius 1 is 1.27 bits per heavy atom. The number of para-hydroxylation sites is 1. The van der Waals surface area contributed by atoms with Crippen LogP contribution in [-0.4, -0.2) is 4.98 Å². The fourth-order valence-corrected chi connectivity index (χ4v) is 2.33. The van der Waals surface area contributed by atoms with Crippen LogP contribution in [0.15, 0.2) is 22.6 Å². The summed E-state index contributed by atoms with van der Waals surface area (Å²) >= 11 is 0. The van der Waals surface area contributed by atoms with E-state index in [1.54, 1.807) is 0 Å². The van der Waals surface area contributed by atoms with Gasteiger partial charge in [0.1, 0.15) is 5.52 Å². The highest BCUT2D eigenvalue weighted by Crippen LogP contribution is 2.35. The van der Waals surface area contributed by atoms with Gasteiger partial charge < -0.3 is 10.2 Å². The molecule has 0 spiro atoms. The van der Waals surface area contributed by atoms with Crippen molar-refractivity contribution in [1.29, 1.82) is 0 Å². The predicted molar refractivity (Wildman–Crippen MR) is 59.6 cm³/mol. The summed E-state index contributed by atoms with van der Waals surface area (Å²) in [6.07, 6.45) is 4.98. The van der Waals surface area contributed by atoms with E-state index in [9.17, 15) is 0 Å². The van der Waals surface area contributed by atoms with E-state index in [0.29, 0.717) is 11.6 Å². The summed E-state index contributed by atoms with van der Waals surface area (Å²) in [6.45, 7) is 0. The molecule has 0 unspecified atom stereocenters. The molecule has 1 aliphatic carbocycles. The molecule has 1 saturated carbocycles. The highest BCUT2D eigenvalue weighted by Gasteiger charge is 2.22. The van der Waals surface area contributed by atoms with Gasteiger partial charge in [-0.15, -0.1) is 0 Å². The fraction of sp³-hybridized carbons (Fsp3) is 0.417. The number of oxazole rings is 1. The van der Waals surface area contributed by atoms with Gasteiger partial charge in [0.2, 0.25) is 0 Å². The van der Waals surface area contributed by atoms with Gasteiger partial charge in [-0.25, -0.2) is 4.98 Å². The van der Waals surface area contributed by atoms with Crippen LogP contribution in [0.4, 0.5) is 5.69 Å². The van der Waals surface area contributed by atoms with Gasteiger partial charge in [0.25, 0.3) is 0 Å². The van der Waals surface area contributed by atoms with E-state index in [-0.39, 0.29) is 0 Å². The maximum absolute atomic E-state index is 5.83. The van der Waals surface area contributed by atoms with Crippen molar-refractivity contribution in [3.63, 3.8) is 0 Å². The van der Waals surface area contributed by atoms with Gasteiger partial charge in [-0.2, -0.15) is 0 Å². The molecule has 3 rings (SSSR count). The number of hydrogen-bond acceptors (Lipinski definition) is 3. The lowest BCUT2D eigenvalue weighted by Gasteiger charge is -2.00. The van der Waals surface area contributed by atoms with Crippen LogP contribution in [-0.2, 0) is 0 Å². The molecule has 78 valence electrons. The monoisotopic (exact) mass is 202 g/mol. The van der Waals surface area contributed by atoms with Crippen molar-refractivity contribution in [2.75, 3.05) is 5.73 Å². The fourth-order valence-electron chi connectivity index (χ4n) is 2.33. The summed E-state index contributed by atoms with van der Waals surface area (Å²) in [5.74, 6) is 1.39. The van der Waals surface area contributed by atoms with E-state index in [4.69, 9.17) is 10.2 Å². The standard InChI is InChI=1S/C12H14N2O/c13-9-6-3-7-10-11(9)15-12(14-10)8-4-1-2-5-8/h3,6-8H,1-2,4-5,13H2. The number of anilines is 1. The lowest BCUT2D eigenvalue weighted by atomic mass is 10.1. The van der Waals surface area contributed by atoms with Crippen molar-refractivity contribution in [2.45, 2.75) is 31.6 Å². The second-order valence-electron chi connectivity index (χ2n) is 4.23. The third kappa shape index (κ3) is 1.39. The van der Waals surface area contributed by atoms with Crippen molar-refractivity contribution in [1.82, 2.24) is 4.98 Å². The van der Waals surface area contributed by atoms with Crippen molar-refractivity contribution < 1.29 is 4.42 Å². The van der Waals surface area contributed by atoms with Gasteiger partial charge >= 0.3 is 0 Å². The first-order chi connectivity index (χ1) is 7.34. The smallest absolute Gasteiger partial charge is 0.198 e. The van der Waals surface area contributed by atoms with Crippen LogP contribution in [0.5, 0.6) is 0 Å². The summed E-state index contributed by atoms with van der Waals surface area (Å²) in [5.41, 5.74) is 8.15. The molecular weight excluding hydrogens is 188 g/mol. The largest absolute Gasteiger partial charge is 0.438 e. The first-order valence-corrected chi connectivity index (χ1v) is 5.49. The summed E-state index contributed by atoms with van der Waals surface area (Å²) < 4.78 is 5.75. The molecule has 1 aliphatic rings. The number of nitrogens with zero attached hydrogens (tertiary/aromatic N) is 1. The zero-order valence-electron chi connectivity index (χ0n) is 8.57. The van der Waals surface area contributed by atoms with Crippen LogP contribution in [0.3, 0.4) is 0 Å². The van der Waals surface area contributed by atoms with Crippen LogP contribution >= 0.6 is 0 Å². The van der Waals surface area contributed by atoms with E-state index in [0.717, 1.165) is 17.0 Å². The molecule has 0 amide bonds. The minimum absolute atomic E-state index is 0.511. The van der Waals surface area contributed by atoms with Gasteiger partial charge in [0, 0.05) is 5.92 Å². The van der Waals surface area contributed by atoms with Crippen LogP contribution in [0.1, 0.15) is 37.5 Å². The van der Waals surface area contributed by atoms with Gasteiger partial charge in [0.15, 0.2) is 11.5 Å². The Bertz CT molecular complexity index is 483. The maximum Gasteiger partial charge on any atom is 0.198 e. The molecule has 2 N–H and O–H groups in total. The molecule has 0 atom stereocenters. The molecule has 3 nitrogen and oxygen atoms in total. The number of rotatable bonds is 1. The minimum Gasteiger partial charge on any atom is -0.438 e. The first-order valence-electron chi connectivity index (χ1n) is 5.49. The molecule has 1 fully saturated rings. The first kappa shape index (κ1) is 8.77. The minimum atomic E-state index is 0.511. The molecule has 2 aromatic rings. The Labute approximate surface area is 88.3 Å². The molecule has 0 aliphatic heterocycles. The summed E-state index contributed by atoms with van der Waals surface area (Å²) in [7, 11) is 0. The molecule has 0 bridgehead atoms. The normalized spacial score (nSPS) is 17.6. The second-order valence-corrected chi connectivity index (χ2v) is 4.23. The topological polar surface area (TPSA) is 52.0 Å². The SMILES string of the molecule is Nc1cccc2nc(C3CCCC3)oc12. The average molecular weight is 202 g/mol. The Morgan fingerprint density at radius 3 is 2.80 bits per heavy atom. The number of fused-ring (bicyclic) bond motifs is 1. The molecule has 0 radical (unpaired) electrons. The highest BCUT2D eigenvalue weighted by molar-refractivity contribution is 5.84. The number of nitrogen functional groups attached to an aromatic ring is 1. The van der Waals surface area contributed by atoms with E-state index in [2.05, 4.69) is 4.98 Å². The number of benzene rings is 1. The lowest BCUT2D eigenvalue weighted by molar-refractivity contribution is 0.475. The third-order valence-electron chi connectivity index (χ3n) is 3.17. The predicted octanol–water partition coefficient (Wildman–Crippen LogP) is 3.07. The Balaban J connectivity index is 2.09. The molecule has 1 heterocycles. The van der Waals surface area contributed by atoms with E-state index in [1.807, 2.05) is 18.2 Å². The van der Waals surface area contributed by atoms with Gasteiger partial charge in [-0.05, 0) is 25.0 Å².